The van der Waals surface area contributed by atoms with Crippen LogP contribution in [0.15, 0.2) is 142 Å². The van der Waals surface area contributed by atoms with Crippen LogP contribution in [0.4, 0.5) is 5.69 Å². The van der Waals surface area contributed by atoms with E-state index >= 15 is 0 Å². The van der Waals surface area contributed by atoms with E-state index in [0.29, 0.717) is 17.0 Å². The average molecular weight is 786 g/mol. The molecule has 0 bridgehead atoms. The van der Waals surface area contributed by atoms with Gasteiger partial charge in [-0.15, -0.1) is 0 Å². The van der Waals surface area contributed by atoms with Crippen LogP contribution in [0.2, 0.25) is 0 Å². The fourth-order valence-electron chi connectivity index (χ4n) is 9.28. The van der Waals surface area contributed by atoms with Crippen LogP contribution < -0.4 is 0 Å². The number of para-hydroxylation sites is 1. The van der Waals surface area contributed by atoms with Crippen LogP contribution in [0, 0.1) is 0 Å². The number of furan rings is 1. The Bertz CT molecular complexity index is 3530. The number of hydrogen-bond donors (Lipinski definition) is 5. The van der Waals surface area contributed by atoms with E-state index in [0.717, 1.165) is 94.8 Å². The quantitative estimate of drug-likeness (QED) is 0.0491. The number of phenols is 5. The van der Waals surface area contributed by atoms with Crippen LogP contribution in [0.1, 0.15) is 28.7 Å². The maximum atomic E-state index is 10.9. The summed E-state index contributed by atoms with van der Waals surface area (Å²) in [6.07, 6.45) is 5.98. The first kappa shape index (κ1) is 35.1. The minimum absolute atomic E-state index is 0.168. The lowest BCUT2D eigenvalue weighted by Crippen LogP contribution is -2.09. The molecule has 11 rings (SSSR count). The Morgan fingerprint density at radius 2 is 1.33 bits per heavy atom. The molecule has 5 N–H and O–H groups in total. The predicted molar refractivity (Wildman–Crippen MR) is 241 cm³/mol. The topological polar surface area (TPSA) is 144 Å². The standard InChI is InChI=1S/C51H35N3O6/c1-52-44-30-14-3-2-11-27(30)21-22-37(44)43(29-13-10-12-28(25-29)40-46(55)48(57)50(59)49(58)47(40)56)53-26-54-38-20-9-8-17-33(38)35-23-24-39-42(45(35)54)41-34-18-6-4-15-31(34)32-16-5-7-19-36(32)51(41)60-39/h3-10,12-25,55-59H,1-2,11,26H2/b53-43-. The van der Waals surface area contributed by atoms with Gasteiger partial charge in [0, 0.05) is 38.2 Å². The summed E-state index contributed by atoms with van der Waals surface area (Å²) >= 11 is 0. The van der Waals surface area contributed by atoms with E-state index in [1.54, 1.807) is 18.2 Å². The van der Waals surface area contributed by atoms with Gasteiger partial charge in [-0.3, -0.25) is 9.98 Å². The van der Waals surface area contributed by atoms with Gasteiger partial charge in [0.2, 0.25) is 17.2 Å². The highest BCUT2D eigenvalue weighted by Gasteiger charge is 2.26. The zero-order valence-corrected chi connectivity index (χ0v) is 32.0. The lowest BCUT2D eigenvalue weighted by atomic mass is 9.89. The van der Waals surface area contributed by atoms with E-state index < -0.39 is 28.7 Å². The van der Waals surface area contributed by atoms with Gasteiger partial charge < -0.3 is 34.5 Å². The summed E-state index contributed by atoms with van der Waals surface area (Å²) in [4.78, 5) is 10.0. The van der Waals surface area contributed by atoms with Crippen molar-refractivity contribution in [1.82, 2.24) is 4.57 Å². The number of fused-ring (bicyclic) bond motifs is 13. The first-order chi connectivity index (χ1) is 29.3. The van der Waals surface area contributed by atoms with Crippen LogP contribution in [-0.4, -0.2) is 42.5 Å². The van der Waals surface area contributed by atoms with Gasteiger partial charge in [-0.1, -0.05) is 109 Å². The summed E-state index contributed by atoms with van der Waals surface area (Å²) in [5.41, 5.74) is 8.20. The number of aromatic nitrogens is 1. The van der Waals surface area contributed by atoms with Crippen molar-refractivity contribution in [2.75, 3.05) is 0 Å². The minimum Gasteiger partial charge on any atom is -0.504 e. The zero-order chi connectivity index (χ0) is 40.8. The summed E-state index contributed by atoms with van der Waals surface area (Å²) in [5.74, 6) is -4.50. The summed E-state index contributed by atoms with van der Waals surface area (Å²) in [5, 5.41) is 61.5. The molecular weight excluding hydrogens is 751 g/mol. The molecule has 9 heteroatoms. The molecular formula is C51H35N3O6. The molecule has 0 radical (unpaired) electrons. The van der Waals surface area contributed by atoms with Gasteiger partial charge in [-0.05, 0) is 71.1 Å². The van der Waals surface area contributed by atoms with Crippen molar-refractivity contribution >= 4 is 89.5 Å². The van der Waals surface area contributed by atoms with Crippen LogP contribution in [0.25, 0.3) is 82.5 Å². The molecule has 2 heterocycles. The molecule has 1 aliphatic carbocycles. The average Bonchev–Trinajstić information content (AvgIpc) is 3.84. The van der Waals surface area contributed by atoms with Crippen LogP contribution >= 0.6 is 0 Å². The normalized spacial score (nSPS) is 13.0. The monoisotopic (exact) mass is 785 g/mol. The van der Waals surface area contributed by atoms with Gasteiger partial charge in [0.15, 0.2) is 11.5 Å². The first-order valence-electron chi connectivity index (χ1n) is 19.6. The minimum atomic E-state index is -1.03. The van der Waals surface area contributed by atoms with Crippen LogP contribution in [0.3, 0.4) is 0 Å². The van der Waals surface area contributed by atoms with Crippen molar-refractivity contribution in [3.63, 3.8) is 0 Å². The number of nitrogens with zero attached hydrogens (tertiary/aromatic N) is 3. The Labute approximate surface area is 342 Å². The van der Waals surface area contributed by atoms with Gasteiger partial charge in [0.05, 0.1) is 33.4 Å². The van der Waals surface area contributed by atoms with Crippen molar-refractivity contribution in [1.29, 1.82) is 0 Å². The lowest BCUT2D eigenvalue weighted by Gasteiger charge is -2.19. The van der Waals surface area contributed by atoms with Gasteiger partial charge >= 0.3 is 0 Å². The maximum absolute atomic E-state index is 10.9. The summed E-state index contributed by atoms with van der Waals surface area (Å²) in [7, 11) is 0. The predicted octanol–water partition coefficient (Wildman–Crippen LogP) is 12.0. The number of aryl methyl sites for hydroxylation is 1. The molecule has 0 unspecified atom stereocenters. The van der Waals surface area contributed by atoms with Gasteiger partial charge in [-0.2, -0.15) is 0 Å². The highest BCUT2D eigenvalue weighted by Crippen LogP contribution is 2.55. The van der Waals surface area contributed by atoms with Crippen molar-refractivity contribution in [2.45, 2.75) is 19.5 Å². The Morgan fingerprint density at radius 1 is 0.650 bits per heavy atom. The Kier molecular flexibility index (Phi) is 7.76. The summed E-state index contributed by atoms with van der Waals surface area (Å²) in [6.45, 7) is 4.16. The SMILES string of the molecule is C=Nc1c(/C(=N\Cn2c3ccccc3c3ccc4oc5c6ccccc6c6ccccc6c5c4c32)c2cccc(-c3c(O)c(O)c(O)c(O)c3O)c2)ccc2c1C=CCC2. The largest absolute Gasteiger partial charge is 0.504 e. The van der Waals surface area contributed by atoms with Gasteiger partial charge in [0.1, 0.15) is 17.8 Å². The maximum Gasteiger partial charge on any atom is 0.208 e. The molecule has 0 saturated carbocycles. The second kappa shape index (κ2) is 13.3. The van der Waals surface area contributed by atoms with E-state index in [9.17, 15) is 25.5 Å². The summed E-state index contributed by atoms with van der Waals surface area (Å²) in [6, 6.07) is 40.3. The molecule has 0 spiro atoms. The van der Waals surface area contributed by atoms with Gasteiger partial charge in [0.25, 0.3) is 0 Å². The number of aromatic hydroxyl groups is 5. The lowest BCUT2D eigenvalue weighted by molar-refractivity contribution is 0.330. The molecule has 0 aliphatic heterocycles. The van der Waals surface area contributed by atoms with Crippen molar-refractivity contribution in [2.24, 2.45) is 9.98 Å². The molecule has 8 aromatic carbocycles. The van der Waals surface area contributed by atoms with E-state index in [2.05, 4.69) is 101 Å². The van der Waals surface area contributed by atoms with Crippen LogP contribution in [0.5, 0.6) is 28.7 Å². The molecule has 60 heavy (non-hydrogen) atoms. The molecule has 290 valence electrons. The van der Waals surface area contributed by atoms with Gasteiger partial charge in [-0.25, -0.2) is 0 Å². The number of allylic oxidation sites excluding steroid dienone is 1. The number of aliphatic imine (C=N–C) groups is 2. The molecule has 0 atom stereocenters. The summed E-state index contributed by atoms with van der Waals surface area (Å²) < 4.78 is 9.04. The Morgan fingerprint density at radius 3 is 2.10 bits per heavy atom. The third kappa shape index (κ3) is 4.99. The van der Waals surface area contributed by atoms with E-state index in [4.69, 9.17) is 9.41 Å². The second-order valence-electron chi connectivity index (χ2n) is 15.2. The Hall–Kier alpha value is -8.04. The molecule has 1 aliphatic rings. The van der Waals surface area contributed by atoms with E-state index in [1.165, 1.54) is 0 Å². The number of rotatable bonds is 6. The highest BCUT2D eigenvalue weighted by atomic mass is 16.4. The molecule has 0 fully saturated rings. The highest BCUT2D eigenvalue weighted by molar-refractivity contribution is 6.35. The number of benzene rings is 8. The Balaban J connectivity index is 1.20. The molecule has 0 saturated heterocycles. The molecule has 10 aromatic rings. The van der Waals surface area contributed by atoms with Crippen LogP contribution in [-0.2, 0) is 13.1 Å². The van der Waals surface area contributed by atoms with Crippen molar-refractivity contribution in [3.05, 3.63) is 150 Å². The zero-order valence-electron chi connectivity index (χ0n) is 32.0. The van der Waals surface area contributed by atoms with Crippen molar-refractivity contribution < 1.29 is 29.9 Å². The fraction of sp³-hybridized carbons (Fsp3) is 0.0588. The molecule has 2 aromatic heterocycles. The molecule has 0 amide bonds. The first-order valence-corrected chi connectivity index (χ1v) is 19.6. The smallest absolute Gasteiger partial charge is 0.208 e. The second-order valence-corrected chi connectivity index (χ2v) is 15.2. The third-order valence-electron chi connectivity index (χ3n) is 12.0. The number of phenolic OH excluding ortho intramolecular Hbond substituents is 5. The fourth-order valence-corrected chi connectivity index (χ4v) is 9.28. The number of hydrogen-bond acceptors (Lipinski definition) is 8. The van der Waals surface area contributed by atoms with E-state index in [1.807, 2.05) is 30.3 Å². The van der Waals surface area contributed by atoms with E-state index in [-0.39, 0.29) is 17.8 Å². The molecule has 9 nitrogen and oxygen atoms in total. The van der Waals surface area contributed by atoms with Crippen molar-refractivity contribution in [3.8, 4) is 39.9 Å². The third-order valence-corrected chi connectivity index (χ3v) is 12.0.